The van der Waals surface area contributed by atoms with Crippen molar-refractivity contribution < 1.29 is 4.79 Å². The maximum absolute atomic E-state index is 12.1. The van der Waals surface area contributed by atoms with E-state index < -0.39 is 0 Å². The van der Waals surface area contributed by atoms with Crippen LogP contribution in [0.3, 0.4) is 0 Å². The minimum Gasteiger partial charge on any atom is -0.325 e. The monoisotopic (exact) mass is 287 g/mol. The predicted octanol–water partition coefficient (Wildman–Crippen LogP) is 3.40. The van der Waals surface area contributed by atoms with Crippen LogP contribution in [0.5, 0.6) is 0 Å². The van der Waals surface area contributed by atoms with Gasteiger partial charge in [-0.3, -0.25) is 9.69 Å². The first-order chi connectivity index (χ1) is 10.2. The lowest BCUT2D eigenvalue weighted by Gasteiger charge is -2.21. The molecule has 0 spiro atoms. The summed E-state index contributed by atoms with van der Waals surface area (Å²) in [5.41, 5.74) is 1.34. The second kappa shape index (κ2) is 9.95. The average molecular weight is 287 g/mol. The molecule has 0 saturated heterocycles. The van der Waals surface area contributed by atoms with Gasteiger partial charge in [-0.05, 0) is 50.2 Å². The largest absolute Gasteiger partial charge is 0.325 e. The van der Waals surface area contributed by atoms with Crippen molar-refractivity contribution in [1.82, 2.24) is 4.90 Å². The van der Waals surface area contributed by atoms with Crippen molar-refractivity contribution >= 4 is 11.6 Å². The molecule has 4 heteroatoms. The van der Waals surface area contributed by atoms with E-state index in [1.165, 1.54) is 0 Å². The van der Waals surface area contributed by atoms with Gasteiger partial charge in [0.25, 0.3) is 0 Å². The maximum Gasteiger partial charge on any atom is 0.238 e. The Morgan fingerprint density at radius 1 is 1.14 bits per heavy atom. The van der Waals surface area contributed by atoms with E-state index in [2.05, 4.69) is 30.1 Å². The zero-order valence-electron chi connectivity index (χ0n) is 13.1. The van der Waals surface area contributed by atoms with Crippen LogP contribution < -0.4 is 5.32 Å². The van der Waals surface area contributed by atoms with Crippen LogP contribution in [-0.4, -0.2) is 30.4 Å². The van der Waals surface area contributed by atoms with Gasteiger partial charge < -0.3 is 5.32 Å². The van der Waals surface area contributed by atoms with E-state index in [1.54, 1.807) is 24.3 Å². The fraction of sp³-hybridized carbons (Fsp3) is 0.529. The van der Waals surface area contributed by atoms with Crippen LogP contribution in [0.2, 0.25) is 0 Å². The fourth-order valence-corrected chi connectivity index (χ4v) is 2.07. The van der Waals surface area contributed by atoms with Gasteiger partial charge in [-0.25, -0.2) is 0 Å². The molecule has 1 N–H and O–H groups in total. The molecule has 0 bridgehead atoms. The van der Waals surface area contributed by atoms with Gasteiger partial charge in [0, 0.05) is 5.69 Å². The Kier molecular flexibility index (Phi) is 8.15. The van der Waals surface area contributed by atoms with Gasteiger partial charge in [0.2, 0.25) is 5.91 Å². The lowest BCUT2D eigenvalue weighted by Crippen LogP contribution is -2.34. The van der Waals surface area contributed by atoms with E-state index >= 15 is 0 Å². The topological polar surface area (TPSA) is 56.1 Å². The Balaban J connectivity index is 2.49. The highest BCUT2D eigenvalue weighted by molar-refractivity contribution is 5.92. The number of nitrogens with one attached hydrogen (secondary N) is 1. The van der Waals surface area contributed by atoms with Gasteiger partial charge in [0.15, 0.2) is 0 Å². The zero-order valence-corrected chi connectivity index (χ0v) is 13.1. The van der Waals surface area contributed by atoms with E-state index in [4.69, 9.17) is 5.26 Å². The zero-order chi connectivity index (χ0) is 15.5. The molecule has 21 heavy (non-hydrogen) atoms. The Labute approximate surface area is 127 Å². The summed E-state index contributed by atoms with van der Waals surface area (Å²) >= 11 is 0. The molecule has 0 atom stereocenters. The summed E-state index contributed by atoms with van der Waals surface area (Å²) in [6.45, 7) is 6.69. The molecule has 1 rings (SSSR count). The van der Waals surface area contributed by atoms with Crippen molar-refractivity contribution in [2.45, 2.75) is 39.5 Å². The van der Waals surface area contributed by atoms with Gasteiger partial charge in [-0.1, -0.05) is 26.7 Å². The minimum atomic E-state index is 0.00640. The predicted molar refractivity (Wildman–Crippen MR) is 86.0 cm³/mol. The molecule has 0 fully saturated rings. The quantitative estimate of drug-likeness (QED) is 0.757. The van der Waals surface area contributed by atoms with E-state index in [1.807, 2.05) is 0 Å². The maximum atomic E-state index is 12.1. The van der Waals surface area contributed by atoms with Crippen molar-refractivity contribution in [3.63, 3.8) is 0 Å². The van der Waals surface area contributed by atoms with Crippen LogP contribution in [0.4, 0.5) is 5.69 Å². The van der Waals surface area contributed by atoms with Crippen LogP contribution in [-0.2, 0) is 4.79 Å². The molecule has 0 aliphatic heterocycles. The lowest BCUT2D eigenvalue weighted by molar-refractivity contribution is -0.117. The van der Waals surface area contributed by atoms with Crippen LogP contribution in [0, 0.1) is 11.3 Å². The molecule has 1 aromatic rings. The molecule has 1 amide bonds. The molecule has 0 aromatic heterocycles. The number of carbonyl (C=O) groups excluding carboxylic acids is 1. The Morgan fingerprint density at radius 2 is 1.71 bits per heavy atom. The molecule has 0 radical (unpaired) electrons. The van der Waals surface area contributed by atoms with Crippen molar-refractivity contribution in [3.05, 3.63) is 29.8 Å². The van der Waals surface area contributed by atoms with Gasteiger partial charge in [0.1, 0.15) is 0 Å². The molecule has 1 aromatic carbocycles. The summed E-state index contributed by atoms with van der Waals surface area (Å²) in [5, 5.41) is 11.6. The normalized spacial score (nSPS) is 10.4. The molecule has 0 saturated carbocycles. The number of carbonyl (C=O) groups is 1. The van der Waals surface area contributed by atoms with Crippen molar-refractivity contribution in [2.24, 2.45) is 0 Å². The van der Waals surface area contributed by atoms with Crippen molar-refractivity contribution in [3.8, 4) is 6.07 Å². The molecule has 0 aliphatic carbocycles. The average Bonchev–Trinajstić information content (AvgIpc) is 2.50. The third-order valence-electron chi connectivity index (χ3n) is 3.32. The Bertz CT molecular complexity index is 454. The molecule has 0 heterocycles. The summed E-state index contributed by atoms with van der Waals surface area (Å²) < 4.78 is 0. The molecule has 0 unspecified atom stereocenters. The van der Waals surface area contributed by atoms with Gasteiger partial charge in [-0.15, -0.1) is 0 Å². The summed E-state index contributed by atoms with van der Waals surface area (Å²) in [4.78, 5) is 14.3. The van der Waals surface area contributed by atoms with Crippen LogP contribution in [0.1, 0.15) is 45.1 Å². The Hall–Kier alpha value is -1.86. The van der Waals surface area contributed by atoms with Crippen LogP contribution in [0.15, 0.2) is 24.3 Å². The summed E-state index contributed by atoms with van der Waals surface area (Å²) in [5.74, 6) is 0.00640. The van der Waals surface area contributed by atoms with Gasteiger partial charge >= 0.3 is 0 Å². The second-order valence-corrected chi connectivity index (χ2v) is 5.22. The Morgan fingerprint density at radius 3 is 2.19 bits per heavy atom. The lowest BCUT2D eigenvalue weighted by atomic mass is 10.2. The van der Waals surface area contributed by atoms with Gasteiger partial charge in [-0.2, -0.15) is 5.26 Å². The molecule has 0 aliphatic rings. The first-order valence-electron chi connectivity index (χ1n) is 7.72. The second-order valence-electron chi connectivity index (χ2n) is 5.22. The number of amides is 1. The number of benzene rings is 1. The fourth-order valence-electron chi connectivity index (χ4n) is 2.07. The summed E-state index contributed by atoms with van der Waals surface area (Å²) in [6, 6.07) is 9.01. The number of nitriles is 1. The third-order valence-corrected chi connectivity index (χ3v) is 3.32. The number of hydrogen-bond donors (Lipinski definition) is 1. The van der Waals surface area contributed by atoms with E-state index in [9.17, 15) is 4.79 Å². The van der Waals surface area contributed by atoms with Crippen LogP contribution >= 0.6 is 0 Å². The van der Waals surface area contributed by atoms with E-state index in [0.717, 1.165) is 44.5 Å². The standard InChI is InChI=1S/C17H25N3O/c1-3-5-11-20(12-6-4-2)14-17(21)19-16-9-7-15(13-18)8-10-16/h7-10H,3-6,11-12,14H2,1-2H3,(H,19,21). The van der Waals surface area contributed by atoms with E-state index in [0.29, 0.717) is 12.1 Å². The molecular formula is C17H25N3O. The minimum absolute atomic E-state index is 0.00640. The number of rotatable bonds is 9. The van der Waals surface area contributed by atoms with E-state index in [-0.39, 0.29) is 5.91 Å². The summed E-state index contributed by atoms with van der Waals surface area (Å²) in [6.07, 6.45) is 4.52. The smallest absolute Gasteiger partial charge is 0.238 e. The highest BCUT2D eigenvalue weighted by Gasteiger charge is 2.10. The molecular weight excluding hydrogens is 262 g/mol. The highest BCUT2D eigenvalue weighted by Crippen LogP contribution is 2.09. The summed E-state index contributed by atoms with van der Waals surface area (Å²) in [7, 11) is 0. The number of unbranched alkanes of at least 4 members (excludes halogenated alkanes) is 2. The third kappa shape index (κ3) is 6.92. The van der Waals surface area contributed by atoms with Crippen molar-refractivity contribution in [1.29, 1.82) is 5.26 Å². The number of anilines is 1. The van der Waals surface area contributed by atoms with Crippen LogP contribution in [0.25, 0.3) is 0 Å². The highest BCUT2D eigenvalue weighted by atomic mass is 16.2. The van der Waals surface area contributed by atoms with Gasteiger partial charge in [0.05, 0.1) is 18.2 Å². The SMILES string of the molecule is CCCCN(CCCC)CC(=O)Nc1ccc(C#N)cc1. The first-order valence-corrected chi connectivity index (χ1v) is 7.72. The first kappa shape index (κ1) is 17.2. The molecule has 114 valence electrons. The number of hydrogen-bond acceptors (Lipinski definition) is 3. The van der Waals surface area contributed by atoms with Crippen molar-refractivity contribution in [2.75, 3.05) is 25.0 Å². The molecule has 4 nitrogen and oxygen atoms in total. The number of nitrogens with zero attached hydrogens (tertiary/aromatic N) is 2.